The lowest BCUT2D eigenvalue weighted by Crippen LogP contribution is -2.25. The van der Waals surface area contributed by atoms with E-state index in [1.165, 1.54) is 11.3 Å². The summed E-state index contributed by atoms with van der Waals surface area (Å²) in [6.45, 7) is 4.38. The number of benzene rings is 2. The summed E-state index contributed by atoms with van der Waals surface area (Å²) in [7, 11) is 0. The molecule has 1 unspecified atom stereocenters. The van der Waals surface area contributed by atoms with E-state index in [0.29, 0.717) is 35.8 Å². The minimum atomic E-state index is -0.341. The van der Waals surface area contributed by atoms with Gasteiger partial charge in [0.05, 0.1) is 0 Å². The van der Waals surface area contributed by atoms with E-state index >= 15 is 0 Å². The Bertz CT molecular complexity index is 1190. The Balaban J connectivity index is 1.43. The summed E-state index contributed by atoms with van der Waals surface area (Å²) >= 11 is 1.28. The maximum absolute atomic E-state index is 12.7. The van der Waals surface area contributed by atoms with Crippen LogP contribution in [0.1, 0.15) is 53.5 Å². The summed E-state index contributed by atoms with van der Waals surface area (Å²) in [6, 6.07) is 14.6. The molecule has 3 amide bonds. The highest BCUT2D eigenvalue weighted by molar-refractivity contribution is 7.15. The molecule has 0 saturated carbocycles. The number of anilines is 3. The van der Waals surface area contributed by atoms with Crippen molar-refractivity contribution in [3.8, 4) is 0 Å². The van der Waals surface area contributed by atoms with Crippen LogP contribution in [0.5, 0.6) is 0 Å². The van der Waals surface area contributed by atoms with Gasteiger partial charge >= 0.3 is 0 Å². The van der Waals surface area contributed by atoms with Crippen molar-refractivity contribution in [3.63, 3.8) is 0 Å². The van der Waals surface area contributed by atoms with Crippen LogP contribution in [-0.4, -0.2) is 34.5 Å². The van der Waals surface area contributed by atoms with Crippen LogP contribution in [0.3, 0.4) is 0 Å². The quantitative estimate of drug-likeness (QED) is 0.546. The Morgan fingerprint density at radius 2 is 1.91 bits per heavy atom. The highest BCUT2D eigenvalue weighted by Gasteiger charge is 2.34. The minimum Gasteiger partial charge on any atom is -0.326 e. The maximum Gasteiger partial charge on any atom is 0.257 e. The summed E-state index contributed by atoms with van der Waals surface area (Å²) in [6.07, 6.45) is 1.57. The first-order valence-electron chi connectivity index (χ1n) is 10.9. The van der Waals surface area contributed by atoms with E-state index in [4.69, 9.17) is 0 Å². The number of rotatable bonds is 7. The predicted molar refractivity (Wildman–Crippen MR) is 129 cm³/mol. The number of hydrogen-bond donors (Lipinski definition) is 2. The van der Waals surface area contributed by atoms with Crippen LogP contribution in [0, 0.1) is 0 Å². The van der Waals surface area contributed by atoms with E-state index < -0.39 is 0 Å². The van der Waals surface area contributed by atoms with Crippen molar-refractivity contribution >= 4 is 45.6 Å². The fraction of sp³-hybridized carbons (Fsp3) is 0.292. The molecule has 9 heteroatoms. The van der Waals surface area contributed by atoms with Gasteiger partial charge < -0.3 is 10.2 Å². The maximum atomic E-state index is 12.7. The molecular formula is C24H25N5O3S. The average molecular weight is 464 g/mol. The van der Waals surface area contributed by atoms with Crippen molar-refractivity contribution in [2.24, 2.45) is 0 Å². The zero-order chi connectivity index (χ0) is 23.4. The molecule has 2 heterocycles. The first-order chi connectivity index (χ1) is 16.0. The van der Waals surface area contributed by atoms with Gasteiger partial charge in [-0.1, -0.05) is 49.4 Å². The monoisotopic (exact) mass is 463 g/mol. The van der Waals surface area contributed by atoms with E-state index in [0.717, 1.165) is 22.7 Å². The third-order valence-electron chi connectivity index (χ3n) is 5.53. The molecule has 33 heavy (non-hydrogen) atoms. The SMILES string of the molecule is CCC(=O)Nc1cccc(C(=O)Nc2nnc(C3CC(=O)N(c4ccccc4CC)C3)s2)c1. The number of nitrogens with zero attached hydrogens (tertiary/aromatic N) is 3. The van der Waals surface area contributed by atoms with Crippen molar-refractivity contribution in [3.05, 3.63) is 64.7 Å². The molecule has 0 spiro atoms. The fourth-order valence-corrected chi connectivity index (χ4v) is 4.62. The second kappa shape index (κ2) is 9.91. The van der Waals surface area contributed by atoms with Crippen LogP contribution in [0.4, 0.5) is 16.5 Å². The number of aryl methyl sites for hydroxylation is 1. The molecule has 1 aliphatic rings. The Hall–Kier alpha value is -3.59. The summed E-state index contributed by atoms with van der Waals surface area (Å²) in [5.41, 5.74) is 3.04. The van der Waals surface area contributed by atoms with Crippen LogP contribution in [0.15, 0.2) is 48.5 Å². The topological polar surface area (TPSA) is 104 Å². The number of amides is 3. The number of para-hydroxylation sites is 1. The molecule has 2 N–H and O–H groups in total. The molecule has 0 radical (unpaired) electrons. The van der Waals surface area contributed by atoms with Gasteiger partial charge in [-0.25, -0.2) is 0 Å². The largest absolute Gasteiger partial charge is 0.326 e. The van der Waals surface area contributed by atoms with Crippen LogP contribution < -0.4 is 15.5 Å². The van der Waals surface area contributed by atoms with Gasteiger partial charge in [-0.3, -0.25) is 19.7 Å². The zero-order valence-corrected chi connectivity index (χ0v) is 19.3. The number of carbonyl (C=O) groups is 3. The molecule has 3 aromatic rings. The standard InChI is InChI=1S/C24H25N5O3S/c1-3-15-8-5-6-11-19(15)29-14-17(13-21(29)31)23-27-28-24(33-23)26-22(32)16-9-7-10-18(12-16)25-20(30)4-2/h5-12,17H,3-4,13-14H2,1-2H3,(H,25,30)(H,26,28,32). The van der Waals surface area contributed by atoms with E-state index in [1.54, 1.807) is 31.2 Å². The van der Waals surface area contributed by atoms with Gasteiger partial charge in [0.15, 0.2) is 0 Å². The molecule has 8 nitrogen and oxygen atoms in total. The number of aromatic nitrogens is 2. The van der Waals surface area contributed by atoms with Gasteiger partial charge in [0.1, 0.15) is 5.01 Å². The summed E-state index contributed by atoms with van der Waals surface area (Å²) in [5, 5.41) is 14.9. The Kier molecular flexibility index (Phi) is 6.79. The van der Waals surface area contributed by atoms with Crippen LogP contribution in [-0.2, 0) is 16.0 Å². The van der Waals surface area contributed by atoms with Crippen molar-refractivity contribution in [2.75, 3.05) is 22.1 Å². The number of carbonyl (C=O) groups excluding carboxylic acids is 3. The van der Waals surface area contributed by atoms with Crippen LogP contribution in [0.2, 0.25) is 0 Å². The van der Waals surface area contributed by atoms with Gasteiger partial charge in [-0.05, 0) is 36.2 Å². The predicted octanol–water partition coefficient (Wildman–Crippen LogP) is 4.22. The second-order valence-corrected chi connectivity index (χ2v) is 8.78. The van der Waals surface area contributed by atoms with Gasteiger partial charge in [-0.15, -0.1) is 10.2 Å². The van der Waals surface area contributed by atoms with Crippen molar-refractivity contribution in [1.29, 1.82) is 0 Å². The molecule has 2 aromatic carbocycles. The molecule has 1 fully saturated rings. The van der Waals surface area contributed by atoms with Crippen molar-refractivity contribution < 1.29 is 14.4 Å². The van der Waals surface area contributed by atoms with Gasteiger partial charge in [0, 0.05) is 42.2 Å². The van der Waals surface area contributed by atoms with Crippen LogP contribution >= 0.6 is 11.3 Å². The highest BCUT2D eigenvalue weighted by Crippen LogP contribution is 2.35. The lowest BCUT2D eigenvalue weighted by Gasteiger charge is -2.19. The molecular weight excluding hydrogens is 438 g/mol. The van der Waals surface area contributed by atoms with E-state index in [1.807, 2.05) is 29.2 Å². The molecule has 0 bridgehead atoms. The summed E-state index contributed by atoms with van der Waals surface area (Å²) in [4.78, 5) is 38.8. The van der Waals surface area contributed by atoms with E-state index in [-0.39, 0.29) is 23.6 Å². The number of hydrogen-bond acceptors (Lipinski definition) is 6. The smallest absolute Gasteiger partial charge is 0.257 e. The molecule has 0 aliphatic carbocycles. The Labute approximate surface area is 196 Å². The normalized spacial score (nSPS) is 15.5. The highest BCUT2D eigenvalue weighted by atomic mass is 32.1. The molecule has 4 rings (SSSR count). The summed E-state index contributed by atoms with van der Waals surface area (Å²) in [5.74, 6) is -0.472. The van der Waals surface area contributed by atoms with Crippen molar-refractivity contribution in [1.82, 2.24) is 10.2 Å². The first-order valence-corrected chi connectivity index (χ1v) is 11.7. The third-order valence-corrected chi connectivity index (χ3v) is 6.53. The molecule has 170 valence electrons. The minimum absolute atomic E-state index is 0.0626. The summed E-state index contributed by atoms with van der Waals surface area (Å²) < 4.78 is 0. The fourth-order valence-electron chi connectivity index (χ4n) is 3.79. The van der Waals surface area contributed by atoms with Crippen LogP contribution in [0.25, 0.3) is 0 Å². The van der Waals surface area contributed by atoms with E-state index in [2.05, 4.69) is 27.8 Å². The average Bonchev–Trinajstić information content (AvgIpc) is 3.45. The third kappa shape index (κ3) is 5.09. The van der Waals surface area contributed by atoms with E-state index in [9.17, 15) is 14.4 Å². The lowest BCUT2D eigenvalue weighted by molar-refractivity contribution is -0.117. The zero-order valence-electron chi connectivity index (χ0n) is 18.5. The van der Waals surface area contributed by atoms with Gasteiger partial charge in [0.25, 0.3) is 5.91 Å². The molecule has 1 atom stereocenters. The van der Waals surface area contributed by atoms with Gasteiger partial charge in [0.2, 0.25) is 16.9 Å². The Morgan fingerprint density at radius 1 is 1.09 bits per heavy atom. The Morgan fingerprint density at radius 3 is 2.70 bits per heavy atom. The molecule has 1 aromatic heterocycles. The molecule has 1 aliphatic heterocycles. The first kappa shape index (κ1) is 22.6. The molecule has 1 saturated heterocycles. The second-order valence-electron chi connectivity index (χ2n) is 7.77. The number of nitrogens with one attached hydrogen (secondary N) is 2. The van der Waals surface area contributed by atoms with Crippen molar-refractivity contribution in [2.45, 2.75) is 39.0 Å². The lowest BCUT2D eigenvalue weighted by atomic mass is 10.1. The van der Waals surface area contributed by atoms with Gasteiger partial charge in [-0.2, -0.15) is 0 Å².